The van der Waals surface area contributed by atoms with E-state index >= 15 is 0 Å². The molecule has 0 atom stereocenters. The molecule has 1 aliphatic rings. The van der Waals surface area contributed by atoms with E-state index in [9.17, 15) is 23.1 Å². The van der Waals surface area contributed by atoms with Crippen LogP contribution in [0.2, 0.25) is 0 Å². The third-order valence-corrected chi connectivity index (χ3v) is 6.82. The predicted molar refractivity (Wildman–Crippen MR) is 132 cm³/mol. The molecule has 3 rings (SSSR count). The van der Waals surface area contributed by atoms with E-state index in [4.69, 9.17) is 13.2 Å². The molecule has 12 heteroatoms. The summed E-state index contributed by atoms with van der Waals surface area (Å²) in [5.41, 5.74) is -1.53. The Bertz CT molecular complexity index is 1120. The van der Waals surface area contributed by atoms with Crippen molar-refractivity contribution in [1.29, 1.82) is 0 Å². The van der Waals surface area contributed by atoms with Crippen molar-refractivity contribution >= 4 is 17.5 Å². The zero-order valence-electron chi connectivity index (χ0n) is 21.6. The number of aliphatic hydroxyl groups is 1. The van der Waals surface area contributed by atoms with Crippen LogP contribution < -0.4 is 10.1 Å². The summed E-state index contributed by atoms with van der Waals surface area (Å²) in [6, 6.07) is 4.88. The molecule has 1 amide bonds. The first kappa shape index (κ1) is 30.5. The predicted octanol–water partition coefficient (Wildman–Crippen LogP) is 4.32. The van der Waals surface area contributed by atoms with E-state index in [-0.39, 0.29) is 18.7 Å². The van der Waals surface area contributed by atoms with Crippen molar-refractivity contribution < 1.29 is 36.2 Å². The molecule has 0 saturated heterocycles. The third kappa shape index (κ3) is 7.88. The van der Waals surface area contributed by atoms with Gasteiger partial charge in [-0.25, -0.2) is 4.98 Å². The Morgan fingerprint density at radius 1 is 1.27 bits per heavy atom. The van der Waals surface area contributed by atoms with Gasteiger partial charge in [-0.05, 0) is 62.6 Å². The number of aromatic nitrogens is 2. The van der Waals surface area contributed by atoms with E-state index in [1.165, 1.54) is 21.0 Å². The summed E-state index contributed by atoms with van der Waals surface area (Å²) in [5, 5.41) is 13.5. The van der Waals surface area contributed by atoms with Gasteiger partial charge in [0, 0.05) is 12.7 Å². The number of benzene rings is 1. The topological polar surface area (TPSA) is 111 Å². The van der Waals surface area contributed by atoms with Crippen molar-refractivity contribution in [2.45, 2.75) is 71.6 Å². The van der Waals surface area contributed by atoms with E-state index in [2.05, 4.69) is 17.2 Å². The van der Waals surface area contributed by atoms with Crippen LogP contribution in [0.15, 0.2) is 24.4 Å². The number of ether oxygens (including phenoxy) is 1. The average molecular weight is 546 g/mol. The first-order valence-corrected chi connectivity index (χ1v) is 12.6. The molecule has 1 saturated carbocycles. The summed E-state index contributed by atoms with van der Waals surface area (Å²) in [5.74, 6) is 1.09. The number of hydrogen-bond donors (Lipinski definition) is 2. The molecular weight excluding hydrogens is 511 g/mol. The van der Waals surface area contributed by atoms with Crippen molar-refractivity contribution in [2.75, 3.05) is 13.7 Å². The number of halogens is 3. The maximum Gasteiger partial charge on any atom is 0.394 e. The van der Waals surface area contributed by atoms with Crippen LogP contribution in [-0.2, 0) is 18.0 Å². The molecule has 2 aromatic rings. The highest BCUT2D eigenvalue weighted by atomic mass is 32.1. The Balaban J connectivity index is 0.00000153. The second kappa shape index (κ2) is 12.2. The average Bonchev–Trinajstić information content (AvgIpc) is 3.20. The first-order chi connectivity index (χ1) is 17.2. The van der Waals surface area contributed by atoms with Crippen molar-refractivity contribution in [2.24, 2.45) is 11.3 Å². The molecule has 0 radical (unpaired) electrons. The molecule has 0 bridgehead atoms. The van der Waals surface area contributed by atoms with Crippen molar-refractivity contribution in [3.05, 3.63) is 41.5 Å². The lowest BCUT2D eigenvalue weighted by Crippen LogP contribution is -2.45. The first-order valence-electron chi connectivity index (χ1n) is 11.9. The molecule has 1 aromatic carbocycles. The Hall–Kier alpha value is -2.73. The summed E-state index contributed by atoms with van der Waals surface area (Å²) in [6.07, 6.45) is 0.199. The van der Waals surface area contributed by atoms with E-state index in [0.29, 0.717) is 41.6 Å². The minimum Gasteiger partial charge on any atom is -0.495 e. The quantitative estimate of drug-likeness (QED) is 0.536. The molecule has 1 heterocycles. The van der Waals surface area contributed by atoms with Crippen LogP contribution in [0.25, 0.3) is 5.69 Å². The minimum absolute atomic E-state index is 0.164. The van der Waals surface area contributed by atoms with Gasteiger partial charge in [0.15, 0.2) is 0 Å². The molecule has 206 valence electrons. The molecule has 0 spiro atoms. The van der Waals surface area contributed by atoms with Gasteiger partial charge < -0.3 is 15.2 Å². The van der Waals surface area contributed by atoms with Gasteiger partial charge in [-0.15, -0.1) is 0 Å². The molecule has 1 aromatic heterocycles. The number of carbonyl (C=O) groups is 1. The number of aryl methyl sites for hydroxylation is 1. The van der Waals surface area contributed by atoms with Crippen LogP contribution in [-0.4, -0.2) is 54.4 Å². The summed E-state index contributed by atoms with van der Waals surface area (Å²) in [4.78, 5) is 17.1. The van der Waals surface area contributed by atoms with Gasteiger partial charge in [0.25, 0.3) is 5.91 Å². The summed E-state index contributed by atoms with van der Waals surface area (Å²) < 4.78 is 63.6. The fraction of sp³-hybridized carbons (Fsp3) is 0.600. The van der Waals surface area contributed by atoms with Crippen LogP contribution >= 0.6 is 0 Å². The highest BCUT2D eigenvalue weighted by molar-refractivity contribution is 7.51. The van der Waals surface area contributed by atoms with Gasteiger partial charge >= 0.3 is 17.7 Å². The van der Waals surface area contributed by atoms with Crippen LogP contribution in [0.4, 0.5) is 13.2 Å². The number of nitrogens with one attached hydrogen (secondary N) is 1. The van der Waals surface area contributed by atoms with E-state index in [0.717, 1.165) is 12.8 Å². The molecule has 1 fully saturated rings. The fourth-order valence-electron chi connectivity index (χ4n) is 4.28. The maximum atomic E-state index is 13.3. The summed E-state index contributed by atoms with van der Waals surface area (Å²) in [7, 11) is 1.45. The van der Waals surface area contributed by atoms with Crippen molar-refractivity contribution in [1.82, 2.24) is 14.9 Å². The lowest BCUT2D eigenvalue weighted by Gasteiger charge is -2.34. The van der Waals surface area contributed by atoms with Crippen molar-refractivity contribution in [3.8, 4) is 11.4 Å². The van der Waals surface area contributed by atoms with Crippen LogP contribution in [0.5, 0.6) is 5.75 Å². The lowest BCUT2D eigenvalue weighted by atomic mass is 9.79. The summed E-state index contributed by atoms with van der Waals surface area (Å²) in [6.45, 7) is 6.39. The number of imidazole rings is 1. The molecule has 37 heavy (non-hydrogen) atoms. The largest absolute Gasteiger partial charge is 0.495 e. The van der Waals surface area contributed by atoms with Crippen LogP contribution in [0.1, 0.15) is 68.3 Å². The lowest BCUT2D eigenvalue weighted by molar-refractivity contribution is -0.211. The van der Waals surface area contributed by atoms with E-state index in [1.54, 1.807) is 35.9 Å². The minimum atomic E-state index is -4.33. The van der Waals surface area contributed by atoms with Gasteiger partial charge in [0.1, 0.15) is 17.3 Å². The van der Waals surface area contributed by atoms with Crippen LogP contribution in [0.3, 0.4) is 0 Å². The number of amides is 1. The second-order valence-corrected chi connectivity index (χ2v) is 10.4. The fourth-order valence-corrected chi connectivity index (χ4v) is 4.28. The molecule has 1 aliphatic carbocycles. The number of carbonyl (C=O) groups excluding carboxylic acids is 1. The number of nitrogens with zero attached hydrogens (tertiary/aromatic N) is 2. The smallest absolute Gasteiger partial charge is 0.394 e. The van der Waals surface area contributed by atoms with Crippen molar-refractivity contribution in [3.63, 3.8) is 0 Å². The van der Waals surface area contributed by atoms with Gasteiger partial charge in [-0.3, -0.25) is 9.36 Å². The van der Waals surface area contributed by atoms with Crippen LogP contribution in [0, 0.1) is 18.3 Å². The molecule has 0 unspecified atom stereocenters. The summed E-state index contributed by atoms with van der Waals surface area (Å²) >= 11 is -0.750. The highest BCUT2D eigenvalue weighted by Gasteiger charge is 2.47. The molecule has 8 nitrogen and oxygen atoms in total. The normalized spacial score (nSPS) is 20.0. The van der Waals surface area contributed by atoms with Gasteiger partial charge in [-0.2, -0.15) is 21.6 Å². The second-order valence-electron chi connectivity index (χ2n) is 10.3. The Kier molecular flexibility index (Phi) is 10.1. The number of hydrogen-bond acceptors (Lipinski definition) is 6. The number of methoxy groups -OCH3 is 1. The number of rotatable bonds is 7. The Morgan fingerprint density at radius 2 is 1.86 bits per heavy atom. The maximum absolute atomic E-state index is 13.3. The van der Waals surface area contributed by atoms with Gasteiger partial charge in [0.05, 0.1) is 23.8 Å². The standard InChI is InChI=1S/C25H34F3N3O3.O2S/c1-16-8-10-24(33,11-9-16)15-29-22(32)19-14-31(17(2)30-19)20-7-6-18(12-21(20)34-5)13-23(3,4)25(26,27)28;1-3-2/h6-7,12,14,16,33H,8-11,13,15H2,1-5H3,(H,29,32);. The monoisotopic (exact) mass is 545 g/mol. The highest BCUT2D eigenvalue weighted by Crippen LogP contribution is 2.41. The molecule has 2 N–H and O–H groups in total. The molecular formula is C25H34F3N3O5S. The molecule has 0 aliphatic heterocycles. The zero-order chi connectivity index (χ0) is 28.0. The Morgan fingerprint density at radius 3 is 2.41 bits per heavy atom. The van der Waals surface area contributed by atoms with E-state index in [1.807, 2.05) is 0 Å². The zero-order valence-corrected chi connectivity index (χ0v) is 22.5. The number of alkyl halides is 3. The van der Waals surface area contributed by atoms with Gasteiger partial charge in [-0.1, -0.05) is 26.8 Å². The third-order valence-electron chi connectivity index (χ3n) is 6.82. The van der Waals surface area contributed by atoms with E-state index < -0.39 is 34.7 Å². The van der Waals surface area contributed by atoms with Gasteiger partial charge in [0.2, 0.25) is 0 Å². The SMILES string of the molecule is COc1cc(CC(C)(C)C(F)(F)F)ccc1-n1cc(C(=O)NCC2(O)CCC(C)CC2)nc1C.O=S=O. The Labute approximate surface area is 218 Å².